The normalized spacial score (nSPS) is 12.4. The van der Waals surface area contributed by atoms with Crippen LogP contribution in [0.3, 0.4) is 0 Å². The fourth-order valence-corrected chi connectivity index (χ4v) is 3.90. The molecule has 0 bridgehead atoms. The number of nitrogens with zero attached hydrogens (tertiary/aromatic N) is 2. The average molecular weight is 433 g/mol. The van der Waals surface area contributed by atoms with E-state index < -0.39 is 15.3 Å². The molecular weight excluding hydrogens is 412 g/mol. The van der Waals surface area contributed by atoms with Crippen LogP contribution in [0, 0.1) is 0 Å². The molecule has 0 saturated heterocycles. The Balaban J connectivity index is 1.68. The third-order valence-corrected chi connectivity index (χ3v) is 6.07. The SMILES string of the molecule is COc1ccc(-n2ccnc2SC(C)C(=O)Nc2ccc(S(N)(=O)=O)cc2)cc1. The van der Waals surface area contributed by atoms with Gasteiger partial charge < -0.3 is 10.1 Å². The number of methoxy groups -OCH3 is 1. The van der Waals surface area contributed by atoms with Crippen LogP contribution < -0.4 is 15.2 Å². The number of rotatable bonds is 7. The lowest BCUT2D eigenvalue weighted by molar-refractivity contribution is -0.115. The van der Waals surface area contributed by atoms with E-state index in [1.54, 1.807) is 20.2 Å². The van der Waals surface area contributed by atoms with Crippen LogP contribution >= 0.6 is 11.8 Å². The number of benzene rings is 2. The van der Waals surface area contributed by atoms with E-state index in [4.69, 9.17) is 9.88 Å². The van der Waals surface area contributed by atoms with E-state index in [2.05, 4.69) is 10.3 Å². The van der Waals surface area contributed by atoms with E-state index in [0.29, 0.717) is 10.8 Å². The number of aromatic nitrogens is 2. The number of hydrogen-bond donors (Lipinski definition) is 2. The van der Waals surface area contributed by atoms with Gasteiger partial charge in [0.2, 0.25) is 15.9 Å². The molecule has 0 aliphatic heterocycles. The van der Waals surface area contributed by atoms with Crippen LogP contribution in [0.25, 0.3) is 5.69 Å². The van der Waals surface area contributed by atoms with Crippen LogP contribution in [0.4, 0.5) is 5.69 Å². The Kier molecular flexibility index (Phi) is 6.26. The molecule has 3 aromatic rings. The molecule has 1 amide bonds. The summed E-state index contributed by atoms with van der Waals surface area (Å²) in [6.45, 7) is 1.77. The van der Waals surface area contributed by atoms with Crippen LogP contribution in [0.1, 0.15) is 6.92 Å². The van der Waals surface area contributed by atoms with Crippen molar-refractivity contribution in [1.29, 1.82) is 0 Å². The molecule has 29 heavy (non-hydrogen) atoms. The van der Waals surface area contributed by atoms with E-state index >= 15 is 0 Å². The van der Waals surface area contributed by atoms with Gasteiger partial charge in [0.15, 0.2) is 5.16 Å². The molecule has 10 heteroatoms. The number of sulfonamides is 1. The van der Waals surface area contributed by atoms with E-state index in [1.165, 1.54) is 36.0 Å². The Morgan fingerprint density at radius 2 is 1.83 bits per heavy atom. The minimum absolute atomic E-state index is 0.0144. The topological polar surface area (TPSA) is 116 Å². The molecule has 8 nitrogen and oxygen atoms in total. The number of carbonyl (C=O) groups is 1. The number of primary sulfonamides is 1. The number of hydrogen-bond acceptors (Lipinski definition) is 6. The first-order chi connectivity index (χ1) is 13.8. The second-order valence-corrected chi connectivity index (χ2v) is 8.97. The summed E-state index contributed by atoms with van der Waals surface area (Å²) < 4.78 is 29.7. The lowest BCUT2D eigenvalue weighted by Crippen LogP contribution is -2.23. The molecule has 0 aliphatic carbocycles. The van der Waals surface area contributed by atoms with E-state index in [9.17, 15) is 13.2 Å². The number of imidazole rings is 1. The van der Waals surface area contributed by atoms with Crippen molar-refractivity contribution in [2.45, 2.75) is 22.2 Å². The van der Waals surface area contributed by atoms with Crippen LogP contribution in [0.2, 0.25) is 0 Å². The highest BCUT2D eigenvalue weighted by Gasteiger charge is 2.18. The molecule has 0 radical (unpaired) electrons. The van der Waals surface area contributed by atoms with Crippen molar-refractivity contribution in [3.05, 3.63) is 60.9 Å². The van der Waals surface area contributed by atoms with Crippen molar-refractivity contribution in [2.75, 3.05) is 12.4 Å². The predicted octanol–water partition coefficient (Wildman–Crippen LogP) is 2.65. The van der Waals surface area contributed by atoms with Gasteiger partial charge in [0.05, 0.1) is 17.3 Å². The quantitative estimate of drug-likeness (QED) is 0.555. The Morgan fingerprint density at radius 3 is 2.41 bits per heavy atom. The van der Waals surface area contributed by atoms with Gasteiger partial charge >= 0.3 is 0 Å². The minimum Gasteiger partial charge on any atom is -0.497 e. The molecule has 0 spiro atoms. The van der Waals surface area contributed by atoms with Crippen molar-refractivity contribution >= 4 is 33.4 Å². The van der Waals surface area contributed by atoms with Crippen LogP contribution in [-0.4, -0.2) is 36.2 Å². The Hall–Kier alpha value is -2.82. The number of nitrogens with one attached hydrogen (secondary N) is 1. The third kappa shape index (κ3) is 5.17. The minimum atomic E-state index is -3.77. The molecule has 1 heterocycles. The summed E-state index contributed by atoms with van der Waals surface area (Å²) >= 11 is 1.31. The second kappa shape index (κ2) is 8.68. The molecule has 2 aromatic carbocycles. The summed E-state index contributed by atoms with van der Waals surface area (Å²) in [5, 5.41) is 8.06. The number of carbonyl (C=O) groups excluding carboxylic acids is 1. The third-order valence-electron chi connectivity index (χ3n) is 4.06. The highest BCUT2D eigenvalue weighted by atomic mass is 32.2. The molecular formula is C19H20N4O4S2. The van der Waals surface area contributed by atoms with Gasteiger partial charge in [0.25, 0.3) is 0 Å². The zero-order chi connectivity index (χ0) is 21.0. The number of amides is 1. The van der Waals surface area contributed by atoms with Crippen LogP contribution in [0.5, 0.6) is 5.75 Å². The summed E-state index contributed by atoms with van der Waals surface area (Å²) in [5.74, 6) is 0.520. The van der Waals surface area contributed by atoms with Crippen molar-refractivity contribution < 1.29 is 17.9 Å². The summed E-state index contributed by atoms with van der Waals surface area (Å²) in [6, 6.07) is 13.2. The molecule has 0 fully saturated rings. The zero-order valence-electron chi connectivity index (χ0n) is 15.8. The highest BCUT2D eigenvalue weighted by Crippen LogP contribution is 2.26. The number of ether oxygens (including phenoxy) is 1. The molecule has 0 saturated carbocycles. The van der Waals surface area contributed by atoms with Gasteiger partial charge in [-0.05, 0) is 55.5 Å². The molecule has 1 unspecified atom stereocenters. The van der Waals surface area contributed by atoms with Gasteiger partial charge in [-0.2, -0.15) is 0 Å². The maximum absolute atomic E-state index is 12.5. The van der Waals surface area contributed by atoms with Crippen molar-refractivity contribution in [1.82, 2.24) is 9.55 Å². The largest absolute Gasteiger partial charge is 0.497 e. The van der Waals surface area contributed by atoms with Crippen molar-refractivity contribution in [2.24, 2.45) is 5.14 Å². The maximum atomic E-state index is 12.5. The lowest BCUT2D eigenvalue weighted by atomic mass is 10.3. The number of thioether (sulfide) groups is 1. The van der Waals surface area contributed by atoms with E-state index in [0.717, 1.165) is 11.4 Å². The smallest absolute Gasteiger partial charge is 0.238 e. The maximum Gasteiger partial charge on any atom is 0.238 e. The van der Waals surface area contributed by atoms with Crippen molar-refractivity contribution in [3.8, 4) is 11.4 Å². The monoisotopic (exact) mass is 432 g/mol. The first kappa shape index (κ1) is 20.9. The first-order valence-electron chi connectivity index (χ1n) is 8.56. The number of nitrogens with two attached hydrogens (primary N) is 1. The molecule has 3 N–H and O–H groups in total. The summed E-state index contributed by atoms with van der Waals surface area (Å²) in [7, 11) is -2.16. The van der Waals surface area contributed by atoms with E-state index in [-0.39, 0.29) is 10.8 Å². The van der Waals surface area contributed by atoms with Gasteiger partial charge in [-0.25, -0.2) is 18.5 Å². The molecule has 3 rings (SSSR count). The van der Waals surface area contributed by atoms with Crippen LogP contribution in [0.15, 0.2) is 71.0 Å². The summed E-state index contributed by atoms with van der Waals surface area (Å²) in [5.41, 5.74) is 1.38. The molecule has 1 atom stereocenters. The average Bonchev–Trinajstić information content (AvgIpc) is 3.15. The van der Waals surface area contributed by atoms with Crippen molar-refractivity contribution in [3.63, 3.8) is 0 Å². The zero-order valence-corrected chi connectivity index (χ0v) is 17.4. The number of anilines is 1. The Labute approximate surface area is 173 Å². The predicted molar refractivity (Wildman–Crippen MR) is 112 cm³/mol. The fraction of sp³-hybridized carbons (Fsp3) is 0.158. The van der Waals surface area contributed by atoms with Crippen LogP contribution in [-0.2, 0) is 14.8 Å². The summed E-state index contributed by atoms with van der Waals surface area (Å²) in [6.07, 6.45) is 3.49. The first-order valence-corrected chi connectivity index (χ1v) is 11.0. The highest BCUT2D eigenvalue weighted by molar-refractivity contribution is 8.00. The van der Waals surface area contributed by atoms with Gasteiger partial charge in [-0.15, -0.1) is 0 Å². The Morgan fingerprint density at radius 1 is 1.17 bits per heavy atom. The van der Waals surface area contributed by atoms with Gasteiger partial charge in [0, 0.05) is 23.8 Å². The van der Waals surface area contributed by atoms with E-state index in [1.807, 2.05) is 35.0 Å². The fourth-order valence-electron chi connectivity index (χ4n) is 2.50. The lowest BCUT2D eigenvalue weighted by Gasteiger charge is -2.13. The standard InChI is InChI=1S/C19H20N4O4S2/c1-13(18(24)22-14-3-9-17(10-4-14)29(20,25)26)28-19-21-11-12-23(19)15-5-7-16(27-2)8-6-15/h3-13H,1-2H3,(H,22,24)(H2,20,25,26). The van der Waals surface area contributed by atoms with Gasteiger partial charge in [0.1, 0.15) is 5.75 Å². The van der Waals surface area contributed by atoms with Gasteiger partial charge in [-0.1, -0.05) is 11.8 Å². The second-order valence-electron chi connectivity index (χ2n) is 6.10. The molecule has 1 aromatic heterocycles. The van der Waals surface area contributed by atoms with Gasteiger partial charge in [-0.3, -0.25) is 9.36 Å². The molecule has 152 valence electrons. The molecule has 0 aliphatic rings. The Bertz CT molecular complexity index is 1090. The summed E-state index contributed by atoms with van der Waals surface area (Å²) in [4.78, 5) is 16.8.